The lowest BCUT2D eigenvalue weighted by atomic mass is 9.65. The van der Waals surface area contributed by atoms with E-state index in [1.165, 1.54) is 20.3 Å². The first-order valence-corrected chi connectivity index (χ1v) is 11.3. The molecule has 0 bridgehead atoms. The van der Waals surface area contributed by atoms with Gasteiger partial charge in [0.1, 0.15) is 5.70 Å². The van der Waals surface area contributed by atoms with Crippen molar-refractivity contribution < 1.29 is 43.2 Å². The molecule has 3 N–H and O–H groups in total. The van der Waals surface area contributed by atoms with E-state index in [2.05, 4.69) is 10.6 Å². The highest BCUT2D eigenvalue weighted by molar-refractivity contribution is 6.15. The van der Waals surface area contributed by atoms with Crippen LogP contribution in [0.4, 0.5) is 0 Å². The molecule has 2 aromatic rings. The molecule has 4 aliphatic rings. The number of phenols is 1. The van der Waals surface area contributed by atoms with Crippen LogP contribution in [-0.2, 0) is 19.1 Å². The molecular formula is C25H22N2O9. The largest absolute Gasteiger partial charge is 0.502 e. The van der Waals surface area contributed by atoms with Crippen molar-refractivity contribution in [3.05, 3.63) is 52.7 Å². The predicted molar refractivity (Wildman–Crippen MR) is 121 cm³/mol. The van der Waals surface area contributed by atoms with Crippen molar-refractivity contribution in [3.63, 3.8) is 0 Å². The van der Waals surface area contributed by atoms with Crippen LogP contribution >= 0.6 is 0 Å². The Bertz CT molecular complexity index is 1330. The number of ether oxygens (including phenoxy) is 5. The monoisotopic (exact) mass is 494 g/mol. The summed E-state index contributed by atoms with van der Waals surface area (Å²) in [7, 11) is 2.86. The smallest absolute Gasteiger partial charge is 0.310 e. The summed E-state index contributed by atoms with van der Waals surface area (Å²) < 4.78 is 27.5. The summed E-state index contributed by atoms with van der Waals surface area (Å²) in [6.45, 7) is 0.166. The number of imide groups is 1. The third kappa shape index (κ3) is 3.23. The molecule has 36 heavy (non-hydrogen) atoms. The quantitative estimate of drug-likeness (QED) is 0.411. The van der Waals surface area contributed by atoms with Gasteiger partial charge in [0.2, 0.25) is 12.5 Å². The summed E-state index contributed by atoms with van der Waals surface area (Å²) in [4.78, 5) is 37.2. The maximum absolute atomic E-state index is 13.1. The summed E-state index contributed by atoms with van der Waals surface area (Å²) in [6.07, 6.45) is 1.20. The first-order chi connectivity index (χ1) is 17.4. The zero-order valence-corrected chi connectivity index (χ0v) is 19.3. The fourth-order valence-corrected chi connectivity index (χ4v) is 5.53. The van der Waals surface area contributed by atoms with Crippen molar-refractivity contribution in [2.75, 3.05) is 27.6 Å². The molecule has 2 aromatic carbocycles. The van der Waals surface area contributed by atoms with E-state index in [1.807, 2.05) is 12.1 Å². The Hall–Kier alpha value is -4.41. The molecule has 0 radical (unpaired) electrons. The van der Waals surface area contributed by atoms with Crippen LogP contribution < -0.4 is 29.6 Å². The molecule has 3 aliphatic heterocycles. The number of hydrogen-bond acceptors (Lipinski definition) is 10. The molecule has 11 nitrogen and oxygen atoms in total. The standard InChI is InChI=1S/C25H22N2O9/c1-32-17-3-10(4-18(33-2)23(17)29)20-11-5-15-16(36-9-35-15)6-12(11)22(13-8-34-25(31)21(13)20)26-14-7-19(28)27-24(14)30/h3-7,13,20-22,29H,8-9H2,1-2H3,(H2,26,27,28,30)/t13-,20+,21-,22+/m0/s1. The normalized spacial score (nSPS) is 25.5. The van der Waals surface area contributed by atoms with Gasteiger partial charge in [-0.3, -0.25) is 19.7 Å². The second kappa shape index (κ2) is 8.08. The van der Waals surface area contributed by atoms with Crippen molar-refractivity contribution in [1.82, 2.24) is 10.6 Å². The second-order valence-corrected chi connectivity index (χ2v) is 8.90. The molecular weight excluding hydrogens is 472 g/mol. The summed E-state index contributed by atoms with van der Waals surface area (Å²) >= 11 is 0. The summed E-state index contributed by atoms with van der Waals surface area (Å²) in [5, 5.41) is 15.9. The van der Waals surface area contributed by atoms with Crippen LogP contribution in [0.3, 0.4) is 0 Å². The number of nitrogens with one attached hydrogen (secondary N) is 2. The van der Waals surface area contributed by atoms with Gasteiger partial charge in [-0.15, -0.1) is 0 Å². The van der Waals surface area contributed by atoms with E-state index in [1.54, 1.807) is 12.1 Å². The fraction of sp³-hybridized carbons (Fsp3) is 0.320. The van der Waals surface area contributed by atoms with Crippen molar-refractivity contribution in [3.8, 4) is 28.7 Å². The first kappa shape index (κ1) is 22.1. The molecule has 3 heterocycles. The molecule has 1 fully saturated rings. The van der Waals surface area contributed by atoms with E-state index in [0.717, 1.165) is 11.1 Å². The fourth-order valence-electron chi connectivity index (χ4n) is 5.53. The minimum atomic E-state index is -0.643. The van der Waals surface area contributed by atoms with E-state index >= 15 is 0 Å². The molecule has 0 spiro atoms. The Balaban J connectivity index is 1.55. The maximum Gasteiger partial charge on any atom is 0.310 e. The zero-order valence-electron chi connectivity index (χ0n) is 19.3. The van der Waals surface area contributed by atoms with Crippen LogP contribution in [0, 0.1) is 11.8 Å². The van der Waals surface area contributed by atoms with Gasteiger partial charge < -0.3 is 34.1 Å². The number of methoxy groups -OCH3 is 2. The summed E-state index contributed by atoms with van der Waals surface area (Å²) in [6, 6.07) is 6.44. The number of aromatic hydroxyl groups is 1. The Kier molecular flexibility index (Phi) is 4.95. The van der Waals surface area contributed by atoms with Crippen LogP contribution in [0.2, 0.25) is 0 Å². The van der Waals surface area contributed by atoms with E-state index in [0.29, 0.717) is 17.1 Å². The Morgan fingerprint density at radius 3 is 2.25 bits per heavy atom. The molecule has 1 saturated heterocycles. The molecule has 0 aromatic heterocycles. The van der Waals surface area contributed by atoms with E-state index < -0.39 is 35.7 Å². The van der Waals surface area contributed by atoms with Gasteiger partial charge in [-0.05, 0) is 41.0 Å². The topological polar surface area (TPSA) is 142 Å². The average molecular weight is 494 g/mol. The van der Waals surface area contributed by atoms with Crippen molar-refractivity contribution >= 4 is 17.8 Å². The number of carbonyl (C=O) groups excluding carboxylic acids is 3. The van der Waals surface area contributed by atoms with Gasteiger partial charge in [0.15, 0.2) is 23.0 Å². The summed E-state index contributed by atoms with van der Waals surface area (Å²) in [5.41, 5.74) is 2.29. The van der Waals surface area contributed by atoms with Gasteiger partial charge >= 0.3 is 5.97 Å². The number of carbonyl (C=O) groups is 3. The number of benzene rings is 2. The van der Waals surface area contributed by atoms with E-state index in [4.69, 9.17) is 23.7 Å². The van der Waals surface area contributed by atoms with Gasteiger partial charge in [0.05, 0.1) is 32.8 Å². The van der Waals surface area contributed by atoms with Gasteiger partial charge in [-0.2, -0.15) is 0 Å². The minimum absolute atomic E-state index is 0.0544. The van der Waals surface area contributed by atoms with Crippen LogP contribution in [0.5, 0.6) is 28.7 Å². The average Bonchev–Trinajstić information content (AvgIpc) is 3.56. The molecule has 4 atom stereocenters. The van der Waals surface area contributed by atoms with Crippen molar-refractivity contribution in [2.24, 2.45) is 11.8 Å². The number of fused-ring (bicyclic) bond motifs is 3. The number of rotatable bonds is 5. The van der Waals surface area contributed by atoms with Crippen LogP contribution in [0.1, 0.15) is 28.7 Å². The molecule has 186 valence electrons. The maximum atomic E-state index is 13.1. The third-order valence-corrected chi connectivity index (χ3v) is 7.12. The molecule has 0 unspecified atom stereocenters. The third-order valence-electron chi connectivity index (χ3n) is 7.12. The number of cyclic esters (lactones) is 1. The van der Waals surface area contributed by atoms with Crippen molar-refractivity contribution in [1.29, 1.82) is 0 Å². The van der Waals surface area contributed by atoms with Crippen molar-refractivity contribution in [2.45, 2.75) is 12.0 Å². The molecule has 11 heteroatoms. The number of phenolic OH excluding ortho intramolecular Hbond substituents is 1. The van der Waals surface area contributed by atoms with E-state index in [-0.39, 0.29) is 42.3 Å². The number of hydrogen-bond donors (Lipinski definition) is 3. The van der Waals surface area contributed by atoms with E-state index in [9.17, 15) is 19.5 Å². The Labute approximate surface area is 204 Å². The lowest BCUT2D eigenvalue weighted by Crippen LogP contribution is -2.41. The number of esters is 1. The second-order valence-electron chi connectivity index (χ2n) is 8.90. The molecule has 6 rings (SSSR count). The minimum Gasteiger partial charge on any atom is -0.502 e. The van der Waals surface area contributed by atoms with Crippen LogP contribution in [-0.4, -0.2) is 50.5 Å². The van der Waals surface area contributed by atoms with Gasteiger partial charge in [-0.25, -0.2) is 0 Å². The molecule has 1 aliphatic carbocycles. The van der Waals surface area contributed by atoms with Gasteiger partial charge in [-0.1, -0.05) is 0 Å². The van der Waals surface area contributed by atoms with Gasteiger partial charge in [0, 0.05) is 17.9 Å². The Morgan fingerprint density at radius 2 is 1.64 bits per heavy atom. The lowest BCUT2D eigenvalue weighted by Gasteiger charge is -2.40. The lowest BCUT2D eigenvalue weighted by molar-refractivity contribution is -0.141. The molecule has 2 amide bonds. The SMILES string of the molecule is COc1cc([C@@H]2c3cc4c(cc3[C@@H](NC3=CC(=O)NC3=O)[C@H]3COC(=O)[C@H]23)OCO4)cc(OC)c1O. The highest BCUT2D eigenvalue weighted by atomic mass is 16.7. The molecule has 0 saturated carbocycles. The Morgan fingerprint density at radius 1 is 0.972 bits per heavy atom. The first-order valence-electron chi connectivity index (χ1n) is 11.3. The summed E-state index contributed by atoms with van der Waals surface area (Å²) in [5.74, 6) is -1.70. The number of amides is 2. The highest BCUT2D eigenvalue weighted by Gasteiger charge is 2.53. The van der Waals surface area contributed by atoms with Gasteiger partial charge in [0.25, 0.3) is 11.8 Å². The van der Waals surface area contributed by atoms with Crippen LogP contribution in [0.15, 0.2) is 36.0 Å². The highest BCUT2D eigenvalue weighted by Crippen LogP contribution is 2.55. The van der Waals surface area contributed by atoms with Crippen LogP contribution in [0.25, 0.3) is 0 Å². The predicted octanol–water partition coefficient (Wildman–Crippen LogP) is 1.24. The zero-order chi connectivity index (χ0) is 25.1.